The van der Waals surface area contributed by atoms with Crippen molar-refractivity contribution in [1.29, 1.82) is 0 Å². The van der Waals surface area contributed by atoms with Crippen LogP contribution in [0.1, 0.15) is 56.9 Å². The molecule has 2 bridgehead atoms. The summed E-state index contributed by atoms with van der Waals surface area (Å²) in [6, 6.07) is 10.7. The number of hydrogen-bond donors (Lipinski definition) is 2. The molecule has 0 aromatic heterocycles. The molecule has 4 unspecified atom stereocenters. The first-order chi connectivity index (χ1) is 12.2. The molecule has 3 rings (SSSR count). The van der Waals surface area contributed by atoms with E-state index in [1.807, 2.05) is 0 Å². The number of carbonyl (C=O) groups is 1. The molecule has 5 atom stereocenters. The minimum atomic E-state index is -0.387. The Balaban J connectivity index is 1.77. The first-order valence-electron chi connectivity index (χ1n) is 9.98. The molecule has 1 aromatic rings. The second kappa shape index (κ2) is 8.33. The number of benzene rings is 1. The number of rotatable bonds is 8. The average molecular weight is 344 g/mol. The Morgan fingerprint density at radius 2 is 1.92 bits per heavy atom. The van der Waals surface area contributed by atoms with Crippen LogP contribution in [0.3, 0.4) is 0 Å². The molecule has 0 aliphatic heterocycles. The van der Waals surface area contributed by atoms with E-state index in [-0.39, 0.29) is 11.9 Å². The van der Waals surface area contributed by atoms with Crippen LogP contribution in [0.2, 0.25) is 0 Å². The molecular weight excluding hydrogens is 310 g/mol. The number of likely N-dealkylation sites (N-methyl/N-ethyl adjacent to an activating group) is 1. The Morgan fingerprint density at radius 1 is 1.20 bits per heavy atom. The molecule has 1 amide bonds. The van der Waals surface area contributed by atoms with Crippen molar-refractivity contribution < 1.29 is 4.79 Å². The van der Waals surface area contributed by atoms with Crippen LogP contribution in [0, 0.1) is 11.8 Å². The van der Waals surface area contributed by atoms with E-state index in [2.05, 4.69) is 42.2 Å². The lowest BCUT2D eigenvalue weighted by Gasteiger charge is -2.40. The van der Waals surface area contributed by atoms with Gasteiger partial charge in [-0.3, -0.25) is 4.79 Å². The third-order valence-corrected chi connectivity index (χ3v) is 6.33. The van der Waals surface area contributed by atoms with E-state index in [9.17, 15) is 4.79 Å². The lowest BCUT2D eigenvalue weighted by Crippen LogP contribution is -2.52. The highest BCUT2D eigenvalue weighted by Crippen LogP contribution is 2.54. The molecule has 4 nitrogen and oxygen atoms in total. The van der Waals surface area contributed by atoms with Gasteiger partial charge in [-0.2, -0.15) is 0 Å². The van der Waals surface area contributed by atoms with Gasteiger partial charge in [0.25, 0.3) is 0 Å². The summed E-state index contributed by atoms with van der Waals surface area (Å²) in [4.78, 5) is 15.2. The van der Waals surface area contributed by atoms with Gasteiger partial charge in [-0.1, -0.05) is 36.8 Å². The van der Waals surface area contributed by atoms with E-state index < -0.39 is 0 Å². The Bertz CT molecular complexity index is 562. The quantitative estimate of drug-likeness (QED) is 0.713. The number of fused-ring (bicyclic) bond motifs is 2. The number of hydrogen-bond acceptors (Lipinski definition) is 3. The summed E-state index contributed by atoms with van der Waals surface area (Å²) < 4.78 is 0. The van der Waals surface area contributed by atoms with Gasteiger partial charge in [-0.05, 0) is 63.0 Å². The van der Waals surface area contributed by atoms with Crippen LogP contribution < -0.4 is 11.5 Å². The maximum atomic E-state index is 13.1. The predicted molar refractivity (Wildman–Crippen MR) is 102 cm³/mol. The molecule has 0 radical (unpaired) electrons. The first kappa shape index (κ1) is 18.4. The van der Waals surface area contributed by atoms with Crippen molar-refractivity contribution in [3.8, 4) is 0 Å². The van der Waals surface area contributed by atoms with Gasteiger partial charge in [0.1, 0.15) is 0 Å². The molecule has 0 saturated heterocycles. The summed E-state index contributed by atoms with van der Waals surface area (Å²) >= 11 is 0. The van der Waals surface area contributed by atoms with Crippen LogP contribution in [0.5, 0.6) is 0 Å². The van der Waals surface area contributed by atoms with Crippen molar-refractivity contribution in [2.24, 2.45) is 23.3 Å². The molecule has 1 aromatic carbocycles. The van der Waals surface area contributed by atoms with Crippen LogP contribution in [-0.2, 0) is 4.79 Å². The van der Waals surface area contributed by atoms with Crippen LogP contribution in [0.25, 0.3) is 0 Å². The normalized spacial score (nSPS) is 28.9. The summed E-state index contributed by atoms with van der Waals surface area (Å²) in [7, 11) is 0. The minimum absolute atomic E-state index is 0.137. The van der Waals surface area contributed by atoms with Crippen LogP contribution >= 0.6 is 0 Å². The topological polar surface area (TPSA) is 72.3 Å². The third kappa shape index (κ3) is 3.75. The summed E-state index contributed by atoms with van der Waals surface area (Å²) in [5.41, 5.74) is 13.2. The molecule has 138 valence electrons. The van der Waals surface area contributed by atoms with E-state index in [4.69, 9.17) is 11.5 Å². The van der Waals surface area contributed by atoms with Crippen LogP contribution in [0.15, 0.2) is 30.3 Å². The summed E-state index contributed by atoms with van der Waals surface area (Å²) in [6.07, 6.45) is 6.42. The SMILES string of the molecule is CCN(C(=O)C(N)CCCCN)[C@H]1C2CCC(C2)C1c1ccccc1. The summed E-state index contributed by atoms with van der Waals surface area (Å²) in [5, 5.41) is 0. The Kier molecular flexibility index (Phi) is 6.13. The van der Waals surface area contributed by atoms with E-state index in [0.717, 1.165) is 25.8 Å². The monoisotopic (exact) mass is 343 g/mol. The molecule has 2 fully saturated rings. The molecule has 4 N–H and O–H groups in total. The zero-order valence-electron chi connectivity index (χ0n) is 15.4. The smallest absolute Gasteiger partial charge is 0.239 e. The number of nitrogens with two attached hydrogens (primary N) is 2. The van der Waals surface area contributed by atoms with Crippen molar-refractivity contribution in [2.45, 2.75) is 63.5 Å². The maximum absolute atomic E-state index is 13.1. The second-order valence-corrected chi connectivity index (χ2v) is 7.78. The molecule has 4 heteroatoms. The van der Waals surface area contributed by atoms with Crippen LogP contribution in [0.4, 0.5) is 0 Å². The molecule has 25 heavy (non-hydrogen) atoms. The van der Waals surface area contributed by atoms with Crippen molar-refractivity contribution >= 4 is 5.91 Å². The molecule has 0 heterocycles. The number of nitrogens with zero attached hydrogens (tertiary/aromatic N) is 1. The van der Waals surface area contributed by atoms with Crippen molar-refractivity contribution in [2.75, 3.05) is 13.1 Å². The van der Waals surface area contributed by atoms with Crippen molar-refractivity contribution in [3.05, 3.63) is 35.9 Å². The number of unbranched alkanes of at least 4 members (excludes halogenated alkanes) is 1. The van der Waals surface area contributed by atoms with Gasteiger partial charge >= 0.3 is 0 Å². The minimum Gasteiger partial charge on any atom is -0.338 e. The van der Waals surface area contributed by atoms with Gasteiger partial charge in [0, 0.05) is 18.5 Å². The fourth-order valence-corrected chi connectivity index (χ4v) is 5.21. The molecule has 0 spiro atoms. The third-order valence-electron chi connectivity index (χ3n) is 6.33. The fourth-order valence-electron chi connectivity index (χ4n) is 5.21. The maximum Gasteiger partial charge on any atom is 0.239 e. The largest absolute Gasteiger partial charge is 0.338 e. The molecular formula is C21H33N3O. The fraction of sp³-hybridized carbons (Fsp3) is 0.667. The summed E-state index contributed by atoms with van der Waals surface area (Å²) in [5.74, 6) is 1.96. The lowest BCUT2D eigenvalue weighted by atomic mass is 9.78. The van der Waals surface area contributed by atoms with Gasteiger partial charge in [0.15, 0.2) is 0 Å². The van der Waals surface area contributed by atoms with Gasteiger partial charge in [-0.25, -0.2) is 0 Å². The average Bonchev–Trinajstić information content (AvgIpc) is 3.25. The van der Waals surface area contributed by atoms with E-state index in [0.29, 0.717) is 30.3 Å². The summed E-state index contributed by atoms with van der Waals surface area (Å²) in [6.45, 7) is 3.51. The zero-order valence-corrected chi connectivity index (χ0v) is 15.4. The zero-order chi connectivity index (χ0) is 17.8. The highest BCUT2D eigenvalue weighted by Gasteiger charge is 2.51. The number of amides is 1. The van der Waals surface area contributed by atoms with Gasteiger partial charge in [0.2, 0.25) is 5.91 Å². The van der Waals surface area contributed by atoms with Crippen molar-refractivity contribution in [3.63, 3.8) is 0 Å². The van der Waals surface area contributed by atoms with E-state index >= 15 is 0 Å². The lowest BCUT2D eigenvalue weighted by molar-refractivity contribution is -0.136. The molecule has 2 saturated carbocycles. The van der Waals surface area contributed by atoms with E-state index in [1.165, 1.54) is 24.8 Å². The molecule has 2 aliphatic carbocycles. The Hall–Kier alpha value is -1.39. The Labute approximate surface area is 151 Å². The first-order valence-corrected chi connectivity index (χ1v) is 9.98. The highest BCUT2D eigenvalue weighted by molar-refractivity contribution is 5.82. The predicted octanol–water partition coefficient (Wildman–Crippen LogP) is 2.87. The van der Waals surface area contributed by atoms with Crippen LogP contribution in [-0.4, -0.2) is 36.0 Å². The van der Waals surface area contributed by atoms with Crippen molar-refractivity contribution in [1.82, 2.24) is 4.90 Å². The van der Waals surface area contributed by atoms with Gasteiger partial charge < -0.3 is 16.4 Å². The second-order valence-electron chi connectivity index (χ2n) is 7.78. The highest BCUT2D eigenvalue weighted by atomic mass is 16.2. The Morgan fingerprint density at radius 3 is 2.60 bits per heavy atom. The standard InChI is InChI=1S/C21H33N3O/c1-2-24(21(25)18(23)10-6-7-13-22)20-17-12-11-16(14-17)19(20)15-8-4-3-5-9-15/h3-5,8-9,16-20H,2,6-7,10-14,22-23H2,1H3/t16?,17?,18?,19?,20-/m0/s1. The molecule has 2 aliphatic rings. The van der Waals surface area contributed by atoms with E-state index in [1.54, 1.807) is 0 Å². The van der Waals surface area contributed by atoms with Gasteiger partial charge in [-0.15, -0.1) is 0 Å². The van der Waals surface area contributed by atoms with Gasteiger partial charge in [0.05, 0.1) is 6.04 Å². The number of carbonyl (C=O) groups excluding carboxylic acids is 1.